The Morgan fingerprint density at radius 1 is 1.00 bits per heavy atom. The number of nitrogens with zero attached hydrogens (tertiary/aromatic N) is 3. The van der Waals surface area contributed by atoms with Gasteiger partial charge in [-0.25, -0.2) is 14.8 Å². The zero-order valence-electron chi connectivity index (χ0n) is 7.97. The SMILES string of the molecule is O=C1[N]c2nc3ccccc3nc2C(=O)N1. The van der Waals surface area contributed by atoms with E-state index in [4.69, 9.17) is 0 Å². The van der Waals surface area contributed by atoms with Crippen molar-refractivity contribution in [2.75, 3.05) is 0 Å². The third kappa shape index (κ3) is 1.20. The molecule has 0 fully saturated rings. The highest BCUT2D eigenvalue weighted by Crippen LogP contribution is 2.18. The van der Waals surface area contributed by atoms with Crippen LogP contribution in [0.3, 0.4) is 0 Å². The molecule has 16 heavy (non-hydrogen) atoms. The number of aromatic nitrogens is 2. The minimum absolute atomic E-state index is 0.0763. The molecule has 2 aromatic rings. The summed E-state index contributed by atoms with van der Waals surface area (Å²) in [7, 11) is 0. The van der Waals surface area contributed by atoms with E-state index in [2.05, 4.69) is 20.6 Å². The number of amides is 3. The normalized spacial score (nSPS) is 14.2. The maximum atomic E-state index is 11.4. The molecule has 1 aliphatic heterocycles. The molecule has 1 aromatic carbocycles. The molecule has 0 saturated carbocycles. The Morgan fingerprint density at radius 3 is 2.44 bits per heavy atom. The Balaban J connectivity index is 2.30. The van der Waals surface area contributed by atoms with Gasteiger partial charge in [-0.15, -0.1) is 0 Å². The number of hydrogen-bond acceptors (Lipinski definition) is 4. The summed E-state index contributed by atoms with van der Waals surface area (Å²) in [6, 6.07) is 6.38. The molecule has 0 bridgehead atoms. The van der Waals surface area contributed by atoms with E-state index in [1.807, 2.05) is 0 Å². The first-order valence-corrected chi connectivity index (χ1v) is 4.58. The highest BCUT2D eigenvalue weighted by Gasteiger charge is 2.26. The highest BCUT2D eigenvalue weighted by atomic mass is 16.2. The third-order valence-corrected chi connectivity index (χ3v) is 2.20. The van der Waals surface area contributed by atoms with E-state index in [9.17, 15) is 9.59 Å². The molecule has 6 heteroatoms. The Hall–Kier alpha value is -2.50. The van der Waals surface area contributed by atoms with E-state index >= 15 is 0 Å². The highest BCUT2D eigenvalue weighted by molar-refractivity contribution is 6.10. The average Bonchev–Trinajstić information content (AvgIpc) is 2.27. The quantitative estimate of drug-likeness (QED) is 0.698. The maximum Gasteiger partial charge on any atom is 0.350 e. The second-order valence-corrected chi connectivity index (χ2v) is 3.26. The van der Waals surface area contributed by atoms with Gasteiger partial charge >= 0.3 is 6.03 Å². The van der Waals surface area contributed by atoms with Gasteiger partial charge in [-0.2, -0.15) is 5.32 Å². The number of rotatable bonds is 0. The number of benzene rings is 1. The van der Waals surface area contributed by atoms with Gasteiger partial charge in [0.25, 0.3) is 5.91 Å². The predicted octanol–water partition coefficient (Wildman–Crippen LogP) is 0.729. The first kappa shape index (κ1) is 8.78. The van der Waals surface area contributed by atoms with Gasteiger partial charge in [0.2, 0.25) is 0 Å². The number of hydrogen-bond donors (Lipinski definition) is 1. The molecule has 0 atom stereocenters. The molecule has 3 amide bonds. The molecular formula is C10H5N4O2. The molecule has 0 saturated heterocycles. The van der Waals surface area contributed by atoms with E-state index in [1.165, 1.54) is 0 Å². The van der Waals surface area contributed by atoms with Crippen molar-refractivity contribution in [3.63, 3.8) is 0 Å². The summed E-state index contributed by atoms with van der Waals surface area (Å²) in [6.45, 7) is 0. The lowest BCUT2D eigenvalue weighted by molar-refractivity contribution is 0.0954. The summed E-state index contributed by atoms with van der Waals surface area (Å²) in [5.74, 6) is -0.485. The van der Waals surface area contributed by atoms with Gasteiger partial charge in [0.15, 0.2) is 11.5 Å². The third-order valence-electron chi connectivity index (χ3n) is 2.20. The van der Waals surface area contributed by atoms with Gasteiger partial charge in [0, 0.05) is 0 Å². The van der Waals surface area contributed by atoms with Gasteiger partial charge in [-0.05, 0) is 12.1 Å². The lowest BCUT2D eigenvalue weighted by Gasteiger charge is -2.12. The smallest absolute Gasteiger partial charge is 0.271 e. The summed E-state index contributed by atoms with van der Waals surface area (Å²) in [4.78, 5) is 30.7. The van der Waals surface area contributed by atoms with Crippen molar-refractivity contribution in [2.45, 2.75) is 0 Å². The van der Waals surface area contributed by atoms with Crippen molar-refractivity contribution >= 4 is 28.8 Å². The van der Waals surface area contributed by atoms with Crippen molar-refractivity contribution in [2.24, 2.45) is 0 Å². The molecule has 1 aromatic heterocycles. The Kier molecular flexibility index (Phi) is 1.64. The first-order valence-electron chi connectivity index (χ1n) is 4.58. The lowest BCUT2D eigenvalue weighted by Crippen LogP contribution is -2.40. The summed E-state index contributed by atoms with van der Waals surface area (Å²) >= 11 is 0. The number of nitrogens with one attached hydrogen (secondary N) is 1. The largest absolute Gasteiger partial charge is 0.350 e. The molecule has 0 spiro atoms. The molecule has 3 rings (SSSR count). The summed E-state index contributed by atoms with van der Waals surface area (Å²) in [5, 5.41) is 5.66. The second-order valence-electron chi connectivity index (χ2n) is 3.26. The molecule has 2 heterocycles. The van der Waals surface area contributed by atoms with E-state index in [1.54, 1.807) is 24.3 Å². The van der Waals surface area contributed by atoms with E-state index in [-0.39, 0.29) is 11.5 Å². The van der Waals surface area contributed by atoms with Crippen LogP contribution in [-0.2, 0) is 0 Å². The number of imide groups is 1. The molecule has 1 aliphatic rings. The Labute approximate surface area is 89.7 Å². The monoisotopic (exact) mass is 213 g/mol. The van der Waals surface area contributed by atoms with Crippen LogP contribution < -0.4 is 10.6 Å². The first-order chi connectivity index (χ1) is 7.74. The minimum Gasteiger partial charge on any atom is -0.271 e. The number of urea groups is 1. The average molecular weight is 213 g/mol. The number of carbonyl (C=O) groups excluding carboxylic acids is 2. The minimum atomic E-state index is -0.706. The number of fused-ring (bicyclic) bond motifs is 2. The van der Waals surface area contributed by atoms with Crippen molar-refractivity contribution in [1.29, 1.82) is 0 Å². The van der Waals surface area contributed by atoms with Gasteiger partial charge in [-0.1, -0.05) is 12.1 Å². The molecule has 1 N–H and O–H groups in total. The van der Waals surface area contributed by atoms with Crippen LogP contribution in [-0.4, -0.2) is 21.9 Å². The second kappa shape index (κ2) is 2.99. The standard InChI is InChI=1S/C10H5N4O2/c15-9-7-8(13-10(16)14-9)12-6-4-2-1-3-5(6)11-7/h1-4H,(H,14,15,16). The van der Waals surface area contributed by atoms with Crippen LogP contribution in [0.15, 0.2) is 24.3 Å². The van der Waals surface area contributed by atoms with Gasteiger partial charge < -0.3 is 0 Å². The topological polar surface area (TPSA) is 86.1 Å². The van der Waals surface area contributed by atoms with Crippen LogP contribution in [0, 0.1) is 0 Å². The molecule has 77 valence electrons. The van der Waals surface area contributed by atoms with Crippen LogP contribution >= 0.6 is 0 Å². The van der Waals surface area contributed by atoms with Crippen LogP contribution in [0.2, 0.25) is 0 Å². The molecule has 0 aliphatic carbocycles. The molecule has 0 unspecified atom stereocenters. The van der Waals surface area contributed by atoms with Crippen LogP contribution in [0.25, 0.3) is 11.0 Å². The Morgan fingerprint density at radius 2 is 1.69 bits per heavy atom. The predicted molar refractivity (Wildman–Crippen MR) is 54.2 cm³/mol. The van der Waals surface area contributed by atoms with Gasteiger partial charge in [0.1, 0.15) is 0 Å². The van der Waals surface area contributed by atoms with Crippen molar-refractivity contribution in [1.82, 2.24) is 20.6 Å². The number of para-hydroxylation sites is 2. The molecular weight excluding hydrogens is 208 g/mol. The maximum absolute atomic E-state index is 11.4. The van der Waals surface area contributed by atoms with Crippen LogP contribution in [0.1, 0.15) is 10.5 Å². The van der Waals surface area contributed by atoms with Crippen molar-refractivity contribution in [3.8, 4) is 0 Å². The van der Waals surface area contributed by atoms with E-state index in [0.29, 0.717) is 11.0 Å². The lowest BCUT2D eigenvalue weighted by atomic mass is 10.2. The molecule has 1 radical (unpaired) electrons. The summed E-state index contributed by atoms with van der Waals surface area (Å²) < 4.78 is 0. The number of carbonyl (C=O) groups is 2. The Bertz CT molecular complexity index is 623. The van der Waals surface area contributed by atoms with Crippen LogP contribution in [0.5, 0.6) is 0 Å². The van der Waals surface area contributed by atoms with Crippen molar-refractivity contribution in [3.05, 3.63) is 30.0 Å². The fourth-order valence-corrected chi connectivity index (χ4v) is 1.50. The summed E-state index contributed by atoms with van der Waals surface area (Å²) in [5.41, 5.74) is 1.28. The van der Waals surface area contributed by atoms with E-state index in [0.717, 1.165) is 0 Å². The zero-order chi connectivity index (χ0) is 11.1. The van der Waals surface area contributed by atoms with Crippen LogP contribution in [0.4, 0.5) is 10.6 Å². The fraction of sp³-hybridized carbons (Fsp3) is 0. The zero-order valence-corrected chi connectivity index (χ0v) is 7.97. The van der Waals surface area contributed by atoms with Crippen molar-refractivity contribution < 1.29 is 9.59 Å². The molecule has 6 nitrogen and oxygen atoms in total. The van der Waals surface area contributed by atoms with Gasteiger partial charge in [-0.3, -0.25) is 10.1 Å². The fourth-order valence-electron chi connectivity index (χ4n) is 1.50. The van der Waals surface area contributed by atoms with Gasteiger partial charge in [0.05, 0.1) is 11.0 Å². The van der Waals surface area contributed by atoms with E-state index < -0.39 is 11.9 Å². The summed E-state index contributed by atoms with van der Waals surface area (Å²) in [6.07, 6.45) is 0.